The lowest BCUT2D eigenvalue weighted by Gasteiger charge is -2.33. The SMILES string of the molecule is CO[Si](C)(C)CCCCCCO[Si](C)(C)OO[Si](C)(C)CCCCCCO[Si](OO[Si](C)(C)CCCCCCO[Si](C)(CCC(F)(F)F)OC)(c1ccccc1)c1ccccc1. The van der Waals surface area contributed by atoms with Crippen LogP contribution in [0.3, 0.4) is 0 Å². The Bertz CT molecular complexity index is 1420. The van der Waals surface area contributed by atoms with E-state index in [1.807, 2.05) is 43.5 Å². The molecule has 0 aliphatic rings. The maximum absolute atomic E-state index is 12.8. The van der Waals surface area contributed by atoms with Crippen LogP contribution in [0.4, 0.5) is 13.2 Å². The van der Waals surface area contributed by atoms with Crippen molar-refractivity contribution in [2.24, 2.45) is 0 Å². The van der Waals surface area contributed by atoms with Crippen LogP contribution in [0, 0.1) is 0 Å². The molecule has 18 heteroatoms. The highest BCUT2D eigenvalue weighted by Crippen LogP contribution is 2.28. The Morgan fingerprint density at radius 3 is 1.26 bits per heavy atom. The van der Waals surface area contributed by atoms with Gasteiger partial charge in [0, 0.05) is 50.8 Å². The standard InChI is InChI=1S/C44H83F3O9Si6/c1-48-57(3,4)38-27-15-12-24-35-50-60(9,10)55-53-58(5,6)39-28-17-14-26-37-52-62(42-30-20-18-21-31-42,43-32-22-19-23-33-43)56-54-59(7,8)40-29-16-13-25-36-51-61(11,49-2)41-34-44(45,46)47/h18-23,30-33H,12-17,24-29,34-41H2,1-11H3. The molecule has 0 aromatic heterocycles. The normalized spacial score (nSPS) is 14.4. The first kappa shape index (κ1) is 57.3. The average molecular weight is 982 g/mol. The van der Waals surface area contributed by atoms with Crippen LogP contribution in [0.15, 0.2) is 60.7 Å². The van der Waals surface area contributed by atoms with Gasteiger partial charge in [0.25, 0.3) is 0 Å². The van der Waals surface area contributed by atoms with Gasteiger partial charge >= 0.3 is 31.9 Å². The van der Waals surface area contributed by atoms with Crippen LogP contribution in [0.2, 0.25) is 83.1 Å². The number of benzene rings is 2. The van der Waals surface area contributed by atoms with Crippen molar-refractivity contribution in [2.45, 2.75) is 173 Å². The number of halogens is 3. The first-order valence-electron chi connectivity index (χ1n) is 23.0. The molecule has 0 radical (unpaired) electrons. The average Bonchev–Trinajstić information content (AvgIpc) is 3.22. The van der Waals surface area contributed by atoms with E-state index < -0.39 is 63.2 Å². The van der Waals surface area contributed by atoms with Crippen LogP contribution in [-0.2, 0) is 40.4 Å². The molecule has 2 rings (SSSR count). The summed E-state index contributed by atoms with van der Waals surface area (Å²) >= 11 is 0. The summed E-state index contributed by atoms with van der Waals surface area (Å²) in [7, 11) is -10.9. The fourth-order valence-corrected chi connectivity index (χ4v) is 18.6. The van der Waals surface area contributed by atoms with Crippen LogP contribution in [0.5, 0.6) is 0 Å². The van der Waals surface area contributed by atoms with E-state index in [9.17, 15) is 13.2 Å². The van der Waals surface area contributed by atoms with E-state index >= 15 is 0 Å². The van der Waals surface area contributed by atoms with Crippen molar-refractivity contribution in [3.05, 3.63) is 60.7 Å². The molecular formula is C44H83F3O9Si6. The monoisotopic (exact) mass is 980 g/mol. The molecule has 2 aromatic carbocycles. The lowest BCUT2D eigenvalue weighted by Crippen LogP contribution is -2.64. The van der Waals surface area contributed by atoms with Crippen molar-refractivity contribution in [3.8, 4) is 0 Å². The predicted octanol–water partition coefficient (Wildman–Crippen LogP) is 12.5. The predicted molar refractivity (Wildman–Crippen MR) is 261 cm³/mol. The van der Waals surface area contributed by atoms with Crippen LogP contribution in [0.25, 0.3) is 0 Å². The van der Waals surface area contributed by atoms with Gasteiger partial charge < -0.3 is 22.1 Å². The van der Waals surface area contributed by atoms with Gasteiger partial charge in [-0.2, -0.15) is 13.2 Å². The van der Waals surface area contributed by atoms with Crippen molar-refractivity contribution >= 4 is 61.0 Å². The van der Waals surface area contributed by atoms with Gasteiger partial charge in [-0.1, -0.05) is 118 Å². The number of hydrogen-bond donors (Lipinski definition) is 0. The highest BCUT2D eigenvalue weighted by Gasteiger charge is 2.46. The molecular weight excluding hydrogens is 898 g/mol. The summed E-state index contributed by atoms with van der Waals surface area (Å²) in [5.74, 6) is 0. The Balaban J connectivity index is 1.84. The molecule has 358 valence electrons. The minimum atomic E-state index is -4.21. The fraction of sp³-hybridized carbons (Fsp3) is 0.727. The molecule has 0 amide bonds. The van der Waals surface area contributed by atoms with Crippen LogP contribution >= 0.6 is 0 Å². The second kappa shape index (κ2) is 28.4. The van der Waals surface area contributed by atoms with E-state index in [1.165, 1.54) is 26.0 Å². The molecule has 0 saturated carbocycles. The molecule has 1 unspecified atom stereocenters. The molecule has 0 saturated heterocycles. The van der Waals surface area contributed by atoms with Crippen LogP contribution in [0.1, 0.15) is 83.5 Å². The van der Waals surface area contributed by atoms with E-state index in [0.29, 0.717) is 19.8 Å². The van der Waals surface area contributed by atoms with E-state index in [4.69, 9.17) is 40.4 Å². The molecule has 0 N–H and O–H groups in total. The summed E-state index contributed by atoms with van der Waals surface area (Å²) < 4.78 is 93.6. The van der Waals surface area contributed by atoms with E-state index in [2.05, 4.69) is 76.6 Å². The molecule has 0 fully saturated rings. The van der Waals surface area contributed by atoms with Crippen molar-refractivity contribution in [1.29, 1.82) is 0 Å². The van der Waals surface area contributed by atoms with Gasteiger partial charge in [-0.15, -0.1) is 0 Å². The second-order valence-electron chi connectivity index (χ2n) is 19.1. The topological polar surface area (TPSA) is 83.1 Å². The Labute approximate surface area is 380 Å². The highest BCUT2D eigenvalue weighted by atomic mass is 28.4. The molecule has 9 nitrogen and oxygen atoms in total. The lowest BCUT2D eigenvalue weighted by molar-refractivity contribution is -0.145. The molecule has 62 heavy (non-hydrogen) atoms. The summed E-state index contributed by atoms with van der Waals surface area (Å²) in [5, 5.41) is 2.00. The fourth-order valence-electron chi connectivity index (χ4n) is 6.81. The number of hydrogen-bond acceptors (Lipinski definition) is 9. The largest absolute Gasteiger partial charge is 0.438 e. The van der Waals surface area contributed by atoms with Gasteiger partial charge in [-0.05, 0) is 102 Å². The Morgan fingerprint density at radius 1 is 0.419 bits per heavy atom. The van der Waals surface area contributed by atoms with E-state index in [-0.39, 0.29) is 6.04 Å². The highest BCUT2D eigenvalue weighted by molar-refractivity contribution is 6.92. The quantitative estimate of drug-likeness (QED) is 0.0287. The Morgan fingerprint density at radius 2 is 0.823 bits per heavy atom. The third kappa shape index (κ3) is 24.6. The van der Waals surface area contributed by atoms with Gasteiger partial charge in [0.1, 0.15) is 0 Å². The molecule has 1 atom stereocenters. The van der Waals surface area contributed by atoms with Crippen LogP contribution in [-0.4, -0.2) is 90.9 Å². The molecule has 0 spiro atoms. The van der Waals surface area contributed by atoms with Gasteiger partial charge in [0.2, 0.25) is 16.6 Å². The van der Waals surface area contributed by atoms with Gasteiger partial charge in [-0.3, -0.25) is 18.3 Å². The molecule has 2 aromatic rings. The van der Waals surface area contributed by atoms with Crippen molar-refractivity contribution in [1.82, 2.24) is 0 Å². The lowest BCUT2D eigenvalue weighted by atomic mass is 10.2. The Hall–Kier alpha value is -0.829. The van der Waals surface area contributed by atoms with Crippen molar-refractivity contribution in [2.75, 3.05) is 34.0 Å². The maximum atomic E-state index is 12.8. The first-order valence-corrected chi connectivity index (χ1v) is 39.5. The van der Waals surface area contributed by atoms with E-state index in [1.54, 1.807) is 6.55 Å². The summed E-state index contributed by atoms with van der Waals surface area (Å²) in [6, 6.07) is 23.4. The number of alkyl halides is 3. The van der Waals surface area contributed by atoms with Gasteiger partial charge in [0.05, 0.1) is 0 Å². The third-order valence-corrected chi connectivity index (χ3v) is 25.7. The summed E-state index contributed by atoms with van der Waals surface area (Å²) in [6.45, 7) is 20.8. The molecule has 0 aliphatic carbocycles. The number of rotatable bonds is 36. The molecule has 0 bridgehead atoms. The zero-order valence-electron chi connectivity index (χ0n) is 40.2. The maximum Gasteiger partial charge on any atom is 0.438 e. The minimum absolute atomic E-state index is 0.0927. The molecule has 0 aliphatic heterocycles. The second-order valence-corrected chi connectivity index (χ2v) is 41.4. The number of unbranched alkanes of at least 4 members (excludes halogenated alkanes) is 9. The van der Waals surface area contributed by atoms with E-state index in [0.717, 1.165) is 86.7 Å². The van der Waals surface area contributed by atoms with Crippen LogP contribution < -0.4 is 10.4 Å². The van der Waals surface area contributed by atoms with Crippen molar-refractivity contribution < 1.29 is 53.6 Å². The summed E-state index contributed by atoms with van der Waals surface area (Å²) in [5.41, 5.74) is 0. The smallest absolute Gasteiger partial charge is 0.420 e. The zero-order chi connectivity index (χ0) is 46.2. The minimum Gasteiger partial charge on any atom is -0.420 e. The van der Waals surface area contributed by atoms with Crippen molar-refractivity contribution in [3.63, 3.8) is 0 Å². The Kier molecular flexibility index (Phi) is 26.2. The summed E-state index contributed by atoms with van der Waals surface area (Å²) in [6.07, 6.45) is 7.24. The summed E-state index contributed by atoms with van der Waals surface area (Å²) in [4.78, 5) is 0. The van der Waals surface area contributed by atoms with Gasteiger partial charge in [-0.25, -0.2) is 0 Å². The van der Waals surface area contributed by atoms with Gasteiger partial charge in [0.15, 0.2) is 8.32 Å². The third-order valence-electron chi connectivity index (χ3n) is 11.2. The molecule has 0 heterocycles. The zero-order valence-corrected chi connectivity index (χ0v) is 46.2. The first-order chi connectivity index (χ1) is 29.1.